The van der Waals surface area contributed by atoms with Crippen LogP contribution in [-0.4, -0.2) is 86.8 Å². The molecule has 0 saturated heterocycles. The molecule has 2 aliphatic heterocycles. The Labute approximate surface area is 328 Å². The minimum absolute atomic E-state index is 0. The second-order valence-corrected chi connectivity index (χ2v) is 13.9. The number of hydrogen-bond acceptors (Lipinski definition) is 9. The fourth-order valence-electron chi connectivity index (χ4n) is 3.73. The number of amides is 2. The monoisotopic (exact) mass is 828 g/mol. The molecular formula is C29H40BBr2Cl2N2NaO9. The first kappa shape index (κ1) is 34.6. The van der Waals surface area contributed by atoms with Crippen molar-refractivity contribution in [3.8, 4) is 11.5 Å². The third kappa shape index (κ3) is 13.4. The normalized spacial score (nSPS) is 21.0. The van der Waals surface area contributed by atoms with Crippen LogP contribution in [0, 0.1) is 0 Å². The Bertz CT molecular complexity index is 1550. The summed E-state index contributed by atoms with van der Waals surface area (Å²) in [4.78, 5) is 35.4. The average molecular weight is 831 g/mol. The third-order valence-electron chi connectivity index (χ3n) is 5.34. The minimum Gasteiger partial charge on any atom is -0.484 e. The van der Waals surface area contributed by atoms with Gasteiger partial charge in [-0.15, -0.1) is 0 Å². The molecule has 3 unspecified atom stereocenters. The number of ether oxygens (including phenoxy) is 4. The summed E-state index contributed by atoms with van der Waals surface area (Å²) in [6.07, 6.45) is -5.03. The van der Waals surface area contributed by atoms with Crippen molar-refractivity contribution in [3.63, 3.8) is 0 Å². The fraction of sp³-hybridized carbons (Fsp3) is 0.483. The summed E-state index contributed by atoms with van der Waals surface area (Å²) >= 11 is 18.6. The van der Waals surface area contributed by atoms with E-state index in [0.717, 1.165) is 0 Å². The molecule has 3 atom stereocenters. The zero-order valence-electron chi connectivity index (χ0n) is 32.7. The first-order valence-corrected chi connectivity index (χ1v) is 15.4. The Kier molecular flexibility index (Phi) is 14.4. The molecule has 0 saturated carbocycles. The first-order valence-electron chi connectivity index (χ1n) is 16.3. The van der Waals surface area contributed by atoms with Gasteiger partial charge in [0.05, 0.1) is 30.1 Å². The van der Waals surface area contributed by atoms with E-state index < -0.39 is 49.9 Å². The van der Waals surface area contributed by atoms with E-state index in [9.17, 15) is 19.5 Å². The summed E-state index contributed by atoms with van der Waals surface area (Å²) in [5, 5.41) is 19.5. The molecule has 2 aromatic rings. The van der Waals surface area contributed by atoms with Gasteiger partial charge in [0.1, 0.15) is 34.9 Å². The molecule has 2 heterocycles. The van der Waals surface area contributed by atoms with Crippen molar-refractivity contribution in [2.45, 2.75) is 71.0 Å². The Morgan fingerprint density at radius 1 is 0.978 bits per heavy atom. The van der Waals surface area contributed by atoms with Crippen LogP contribution in [-0.2, 0) is 9.47 Å². The van der Waals surface area contributed by atoms with Crippen LogP contribution in [0.15, 0.2) is 33.2 Å². The number of benzene rings is 2. The number of ketones is 1. The Hall–Kier alpha value is -1.23. The number of fused-ring (bicyclic) bond motifs is 2. The number of rotatable bonds is 4. The van der Waals surface area contributed by atoms with Crippen LogP contribution in [0.2, 0.25) is 10.0 Å². The summed E-state index contributed by atoms with van der Waals surface area (Å²) in [5.74, 6) is 0.378. The SMILES string of the molecule is CC(C)(C)OC(=O)NCC1Oc2c(Cl)cc(Br)cc2C1=O.[2H]C1(O)c2cc(Br)cc(Cl)c2OC1CNC(=O)OC(C)(C)C.[2H]OC.[2H][B-]([2H])([2H])[2H].[Na+]. The van der Waals surface area contributed by atoms with E-state index in [4.69, 9.17) is 50.3 Å². The van der Waals surface area contributed by atoms with E-state index in [1.165, 1.54) is 7.11 Å². The van der Waals surface area contributed by atoms with E-state index in [1.807, 2.05) is 0 Å². The molecule has 46 heavy (non-hydrogen) atoms. The van der Waals surface area contributed by atoms with Crippen molar-refractivity contribution in [1.29, 1.82) is 6.77 Å². The van der Waals surface area contributed by atoms with Crippen LogP contribution in [0.5, 0.6) is 11.5 Å². The summed E-state index contributed by atoms with van der Waals surface area (Å²) in [7, 11) is -1.71. The van der Waals surface area contributed by atoms with Gasteiger partial charge in [-0.1, -0.05) is 63.3 Å². The number of aliphatic hydroxyl groups excluding tert-OH is 1. The topological polar surface area (TPSA) is 153 Å². The van der Waals surface area contributed by atoms with Crippen LogP contribution < -0.4 is 49.7 Å². The Morgan fingerprint density at radius 3 is 1.93 bits per heavy atom. The van der Waals surface area contributed by atoms with Crippen LogP contribution in [0.1, 0.15) is 64.9 Å². The average Bonchev–Trinajstić information content (AvgIpc) is 3.37. The molecule has 4 rings (SSSR count). The number of carbonyl (C=O) groups excluding carboxylic acids is 3. The van der Waals surface area contributed by atoms with Gasteiger partial charge in [-0.05, 0) is 65.8 Å². The largest absolute Gasteiger partial charge is 1.00 e. The van der Waals surface area contributed by atoms with Gasteiger partial charge in [0, 0.05) is 21.6 Å². The molecule has 0 aromatic heterocycles. The van der Waals surface area contributed by atoms with Crippen molar-refractivity contribution in [2.24, 2.45) is 0 Å². The number of aliphatic hydroxyl groups is 2. The summed E-state index contributed by atoms with van der Waals surface area (Å²) in [6.45, 7) is 10.4. The minimum atomic E-state index is -3.00. The van der Waals surface area contributed by atoms with Crippen molar-refractivity contribution in [3.05, 3.63) is 54.4 Å². The summed E-state index contributed by atoms with van der Waals surface area (Å²) < 4.78 is 60.4. The van der Waals surface area contributed by atoms with Gasteiger partial charge in [-0.3, -0.25) is 4.79 Å². The number of halogens is 4. The first-order chi connectivity index (χ1) is 23.1. The standard InChI is InChI=1S/C14H17BrClNO4.C14H15BrClNO4.CH4O.BH4.Na/c2*1-14(2,3)21-13(19)17-6-10-11(18)8-4-7(15)5-9(16)12(8)20-10;1-2;;/h4-5,10-11,18H,6H2,1-3H3,(H,17,19);4-5,10H,6H2,1-3H3,(H,17,19);2H,1H3;1H4;/q;;;-1;+1/i11D;;2D;1D4;. The summed E-state index contributed by atoms with van der Waals surface area (Å²) in [5.41, 5.74) is -0.565. The molecule has 0 fully saturated rings. The van der Waals surface area contributed by atoms with Gasteiger partial charge in [0.15, 0.2) is 6.10 Å². The molecule has 4 N–H and O–H groups in total. The molecule has 0 spiro atoms. The maximum absolute atomic E-state index is 12.2. The molecule has 17 heteroatoms. The maximum Gasteiger partial charge on any atom is 1.00 e. The van der Waals surface area contributed by atoms with Crippen molar-refractivity contribution < 1.29 is 74.5 Å². The molecule has 2 aliphatic rings. The number of alkyl carbamates (subject to hydrolysis) is 2. The van der Waals surface area contributed by atoms with Gasteiger partial charge in [-0.25, -0.2) is 14.9 Å². The third-order valence-corrected chi connectivity index (χ3v) is 6.81. The van der Waals surface area contributed by atoms with Crippen LogP contribution in [0.3, 0.4) is 0 Å². The quantitative estimate of drug-likeness (QED) is 0.340. The number of hydrogen-bond donors (Lipinski definition) is 4. The summed E-state index contributed by atoms with van der Waals surface area (Å²) in [6, 6.07) is 6.48. The molecule has 252 valence electrons. The molecule has 0 radical (unpaired) electrons. The van der Waals surface area contributed by atoms with Crippen molar-refractivity contribution in [1.82, 2.24) is 10.6 Å². The Morgan fingerprint density at radius 2 is 1.43 bits per heavy atom. The number of Topliss-reactive ketones (excluding diaryl/α,β-unsaturated/α-hetero) is 1. The van der Waals surface area contributed by atoms with Crippen molar-refractivity contribution in [2.75, 3.05) is 20.2 Å². The molecule has 0 aliphatic carbocycles. The predicted octanol–water partition coefficient (Wildman–Crippen LogP) is 2.15. The van der Waals surface area contributed by atoms with Gasteiger partial charge in [0.2, 0.25) is 7.21 Å². The second kappa shape index (κ2) is 19.1. The molecule has 2 aromatic carbocycles. The molecule has 11 nitrogen and oxygen atoms in total. The smallest absolute Gasteiger partial charge is 0.484 e. The maximum atomic E-state index is 12.2. The second-order valence-electron chi connectivity index (χ2n) is 11.3. The van der Waals surface area contributed by atoms with Gasteiger partial charge < -0.3 is 39.8 Å². The fourth-order valence-corrected chi connectivity index (χ4v) is 5.43. The zero-order chi connectivity index (χ0) is 39.7. The van der Waals surface area contributed by atoms with Gasteiger partial charge in [0.25, 0.3) is 0 Å². The van der Waals surface area contributed by atoms with Crippen LogP contribution in [0.25, 0.3) is 0 Å². The van der Waals surface area contributed by atoms with Crippen molar-refractivity contribution >= 4 is 81.3 Å². The molecule has 2 amide bonds. The molecular weight excluding hydrogens is 785 g/mol. The van der Waals surface area contributed by atoms with E-state index in [1.54, 1.807) is 65.8 Å². The van der Waals surface area contributed by atoms with Crippen LogP contribution >= 0.6 is 55.1 Å². The van der Waals surface area contributed by atoms with Gasteiger partial charge in [-0.2, -0.15) is 0 Å². The van der Waals surface area contributed by atoms with E-state index in [0.29, 0.717) is 25.3 Å². The molecule has 0 bridgehead atoms. The van der Waals surface area contributed by atoms with E-state index in [-0.39, 0.29) is 64.8 Å². The zero-order valence-corrected chi connectivity index (χ0v) is 33.4. The predicted molar refractivity (Wildman–Crippen MR) is 184 cm³/mol. The number of carbonyl (C=O) groups is 3. The number of nitrogens with one attached hydrogen (secondary N) is 2. The Balaban J connectivity index is 0.000000817. The van der Waals surface area contributed by atoms with Gasteiger partial charge >= 0.3 is 41.7 Å². The van der Waals surface area contributed by atoms with Crippen LogP contribution in [0.4, 0.5) is 9.59 Å². The van der Waals surface area contributed by atoms with E-state index >= 15 is 0 Å². The van der Waals surface area contributed by atoms with E-state index in [2.05, 4.69) is 47.6 Å².